The topological polar surface area (TPSA) is 12.9 Å². The lowest BCUT2D eigenvalue weighted by Crippen LogP contribution is -1.79. The van der Waals surface area contributed by atoms with Gasteiger partial charge in [-0.05, 0) is 23.3 Å². The normalized spacial score (nSPS) is 9.17. The summed E-state index contributed by atoms with van der Waals surface area (Å²) in [7, 11) is 0. The van der Waals surface area contributed by atoms with Gasteiger partial charge in [0.1, 0.15) is 0 Å². The third-order valence-corrected chi connectivity index (χ3v) is 1.28. The monoisotopic (exact) mass is 166 g/mol. The summed E-state index contributed by atoms with van der Waals surface area (Å²) >= 11 is 0. The van der Waals surface area contributed by atoms with E-state index in [0.717, 1.165) is 0 Å². The van der Waals surface area contributed by atoms with Crippen molar-refractivity contribution in [3.8, 4) is 0 Å². The molecule has 0 amide bonds. The summed E-state index contributed by atoms with van der Waals surface area (Å²) in [6.07, 6.45) is 2.97. The minimum atomic E-state index is -1.75. The zero-order chi connectivity index (χ0) is 8.97. The highest BCUT2D eigenvalue weighted by Gasteiger charge is 1.96. The smallest absolute Gasteiger partial charge is 0.255 e. The van der Waals surface area contributed by atoms with Crippen LogP contribution in [0.4, 0.5) is 8.78 Å². The van der Waals surface area contributed by atoms with Gasteiger partial charge in [-0.2, -0.15) is 8.78 Å². The molecule has 12 heavy (non-hydrogen) atoms. The molecule has 1 aromatic rings. The van der Waals surface area contributed by atoms with E-state index in [1.54, 1.807) is 6.07 Å². The standard InChI is InChI=1S/C9H6F2N/c1-7(6-9(10)11)8-2-4-12-5-3-8/h2-4,6H,1H2. The van der Waals surface area contributed by atoms with Crippen molar-refractivity contribution in [1.29, 1.82) is 0 Å². The summed E-state index contributed by atoms with van der Waals surface area (Å²) in [5.41, 5.74) is 0.853. The number of halogens is 2. The average molecular weight is 166 g/mol. The molecule has 61 valence electrons. The van der Waals surface area contributed by atoms with Crippen LogP contribution < -0.4 is 0 Å². The molecule has 0 spiro atoms. The fourth-order valence-corrected chi connectivity index (χ4v) is 0.730. The number of nitrogens with zero attached hydrogens (tertiary/aromatic N) is 1. The van der Waals surface area contributed by atoms with Gasteiger partial charge in [-0.25, -0.2) is 0 Å². The van der Waals surface area contributed by atoms with E-state index in [4.69, 9.17) is 0 Å². The molecule has 0 N–H and O–H groups in total. The Hall–Kier alpha value is -1.51. The van der Waals surface area contributed by atoms with Gasteiger partial charge in [0.2, 0.25) is 0 Å². The highest BCUT2D eigenvalue weighted by Crippen LogP contribution is 2.14. The van der Waals surface area contributed by atoms with Crippen LogP contribution in [0.1, 0.15) is 5.56 Å². The maximum atomic E-state index is 11.7. The summed E-state index contributed by atoms with van der Waals surface area (Å²) in [5.74, 6) is 0. The summed E-state index contributed by atoms with van der Waals surface area (Å²) in [6.45, 7) is 3.46. The Morgan fingerprint density at radius 2 is 2.33 bits per heavy atom. The largest absolute Gasteiger partial charge is 0.270 e. The molecule has 1 rings (SSSR count). The van der Waals surface area contributed by atoms with E-state index in [0.29, 0.717) is 11.6 Å². The zero-order valence-electron chi connectivity index (χ0n) is 6.22. The molecule has 0 saturated carbocycles. The minimum Gasteiger partial charge on any atom is -0.255 e. The average Bonchev–Trinajstić information content (AvgIpc) is 2.05. The Morgan fingerprint density at radius 3 is 2.83 bits per heavy atom. The molecule has 0 bridgehead atoms. The Balaban J connectivity index is 2.87. The molecule has 0 aliphatic carbocycles. The Bertz CT molecular complexity index is 300. The highest BCUT2D eigenvalue weighted by molar-refractivity contribution is 5.71. The second kappa shape index (κ2) is 3.76. The van der Waals surface area contributed by atoms with E-state index in [1.165, 1.54) is 12.3 Å². The van der Waals surface area contributed by atoms with Crippen molar-refractivity contribution >= 4 is 5.57 Å². The van der Waals surface area contributed by atoms with E-state index >= 15 is 0 Å². The molecule has 0 saturated heterocycles. The molecule has 0 atom stereocenters. The van der Waals surface area contributed by atoms with E-state index in [2.05, 4.69) is 17.8 Å². The fraction of sp³-hybridized carbons (Fsp3) is 0. The molecular formula is C9H6F2N. The fourth-order valence-electron chi connectivity index (χ4n) is 0.730. The molecule has 1 nitrogen and oxygen atoms in total. The van der Waals surface area contributed by atoms with Crippen molar-refractivity contribution in [3.05, 3.63) is 48.8 Å². The van der Waals surface area contributed by atoms with Crippen molar-refractivity contribution in [3.63, 3.8) is 0 Å². The van der Waals surface area contributed by atoms with Gasteiger partial charge < -0.3 is 0 Å². The van der Waals surface area contributed by atoms with Gasteiger partial charge >= 0.3 is 0 Å². The van der Waals surface area contributed by atoms with Crippen LogP contribution in [0.25, 0.3) is 5.57 Å². The molecular weight excluding hydrogens is 160 g/mol. The van der Waals surface area contributed by atoms with E-state index in [1.807, 2.05) is 0 Å². The molecule has 0 aliphatic heterocycles. The van der Waals surface area contributed by atoms with E-state index in [9.17, 15) is 8.78 Å². The Labute approximate surface area is 69.1 Å². The van der Waals surface area contributed by atoms with Crippen molar-refractivity contribution < 1.29 is 8.78 Å². The van der Waals surface area contributed by atoms with Gasteiger partial charge in [0.25, 0.3) is 6.08 Å². The third-order valence-electron chi connectivity index (χ3n) is 1.28. The highest BCUT2D eigenvalue weighted by atomic mass is 19.3. The summed E-state index contributed by atoms with van der Waals surface area (Å²) < 4.78 is 23.5. The van der Waals surface area contributed by atoms with Crippen LogP contribution in [0, 0.1) is 6.20 Å². The van der Waals surface area contributed by atoms with Crippen molar-refractivity contribution in [2.24, 2.45) is 0 Å². The maximum Gasteiger partial charge on any atom is 0.270 e. The number of pyridine rings is 1. The molecule has 1 heterocycles. The van der Waals surface area contributed by atoms with Crippen molar-refractivity contribution in [1.82, 2.24) is 4.98 Å². The van der Waals surface area contributed by atoms with Gasteiger partial charge in [-0.3, -0.25) is 4.98 Å². The first-order valence-electron chi connectivity index (χ1n) is 3.24. The number of hydrogen-bond acceptors (Lipinski definition) is 1. The first-order valence-corrected chi connectivity index (χ1v) is 3.24. The van der Waals surface area contributed by atoms with Gasteiger partial charge in [0, 0.05) is 12.3 Å². The van der Waals surface area contributed by atoms with Gasteiger partial charge in [0.05, 0.1) is 6.20 Å². The molecule has 0 fully saturated rings. The molecule has 3 heteroatoms. The van der Waals surface area contributed by atoms with E-state index in [-0.39, 0.29) is 5.57 Å². The lowest BCUT2D eigenvalue weighted by Gasteiger charge is -1.96. The van der Waals surface area contributed by atoms with Crippen LogP contribution in [0.3, 0.4) is 0 Å². The van der Waals surface area contributed by atoms with Crippen LogP contribution in [0.2, 0.25) is 0 Å². The Kier molecular flexibility index (Phi) is 2.69. The summed E-state index contributed by atoms with van der Waals surface area (Å²) in [6, 6.07) is 3.10. The third kappa shape index (κ3) is 2.27. The number of aromatic nitrogens is 1. The predicted octanol–water partition coefficient (Wildman–Crippen LogP) is 2.68. The second-order valence-electron chi connectivity index (χ2n) is 2.13. The number of rotatable bonds is 2. The number of hydrogen-bond donors (Lipinski definition) is 0. The summed E-state index contributed by atoms with van der Waals surface area (Å²) in [4.78, 5) is 3.63. The van der Waals surface area contributed by atoms with Crippen molar-refractivity contribution in [2.75, 3.05) is 0 Å². The Morgan fingerprint density at radius 1 is 1.58 bits per heavy atom. The van der Waals surface area contributed by atoms with Gasteiger partial charge in [0.15, 0.2) is 0 Å². The lowest BCUT2D eigenvalue weighted by atomic mass is 10.1. The first kappa shape index (κ1) is 8.59. The molecule has 0 aromatic carbocycles. The predicted molar refractivity (Wildman–Crippen MR) is 42.4 cm³/mol. The van der Waals surface area contributed by atoms with Crippen LogP contribution >= 0.6 is 0 Å². The number of allylic oxidation sites excluding steroid dienone is 2. The zero-order valence-corrected chi connectivity index (χ0v) is 6.22. The maximum absolute atomic E-state index is 11.7. The summed E-state index contributed by atoms with van der Waals surface area (Å²) in [5, 5.41) is 0. The molecule has 1 aromatic heterocycles. The lowest BCUT2D eigenvalue weighted by molar-refractivity contribution is 0.422. The first-order chi connectivity index (χ1) is 5.70. The second-order valence-corrected chi connectivity index (χ2v) is 2.13. The van der Waals surface area contributed by atoms with Crippen LogP contribution in [-0.2, 0) is 0 Å². The molecule has 1 radical (unpaired) electrons. The molecule has 0 aliphatic rings. The quantitative estimate of drug-likeness (QED) is 0.615. The minimum absolute atomic E-state index is 0.258. The van der Waals surface area contributed by atoms with E-state index < -0.39 is 6.08 Å². The van der Waals surface area contributed by atoms with Gasteiger partial charge in [-0.1, -0.05) is 6.58 Å². The van der Waals surface area contributed by atoms with Crippen molar-refractivity contribution in [2.45, 2.75) is 0 Å². The van der Waals surface area contributed by atoms with Crippen LogP contribution in [-0.4, -0.2) is 4.98 Å². The van der Waals surface area contributed by atoms with Gasteiger partial charge in [-0.15, -0.1) is 0 Å². The van der Waals surface area contributed by atoms with Crippen LogP contribution in [0.15, 0.2) is 37.1 Å². The van der Waals surface area contributed by atoms with Crippen LogP contribution in [0.5, 0.6) is 0 Å². The SMILES string of the molecule is C=C(C=C(F)F)c1c[c]ncc1. The molecule has 0 unspecified atom stereocenters.